The van der Waals surface area contributed by atoms with Crippen molar-refractivity contribution in [3.63, 3.8) is 0 Å². The Kier molecular flexibility index (Phi) is 6.16. The van der Waals surface area contributed by atoms with Crippen LogP contribution in [0.25, 0.3) is 0 Å². The van der Waals surface area contributed by atoms with E-state index in [-0.39, 0.29) is 0 Å². The van der Waals surface area contributed by atoms with Crippen molar-refractivity contribution in [3.8, 4) is 0 Å². The molecule has 0 aromatic carbocycles. The van der Waals surface area contributed by atoms with Crippen LogP contribution in [0.1, 0.15) is 19.3 Å². The van der Waals surface area contributed by atoms with E-state index >= 15 is 0 Å². The molecule has 0 saturated heterocycles. The van der Waals surface area contributed by atoms with Crippen molar-refractivity contribution in [2.24, 2.45) is 0 Å². The third-order valence-corrected chi connectivity index (χ3v) is 0.905. The van der Waals surface area contributed by atoms with Crippen LogP contribution in [0.15, 0.2) is 12.3 Å². The van der Waals surface area contributed by atoms with E-state index in [9.17, 15) is 0 Å². The van der Waals surface area contributed by atoms with Gasteiger partial charge in [0, 0.05) is 7.05 Å². The van der Waals surface area contributed by atoms with E-state index in [1.165, 1.54) is 6.42 Å². The number of rotatable bonds is 4. The van der Waals surface area contributed by atoms with Gasteiger partial charge in [0.05, 0.1) is 0 Å². The molecule has 0 aromatic heterocycles. The van der Waals surface area contributed by atoms with E-state index in [1.807, 2.05) is 13.2 Å². The van der Waals surface area contributed by atoms with E-state index in [0.717, 1.165) is 12.8 Å². The fourth-order valence-corrected chi connectivity index (χ4v) is 0.463. The molecule has 0 amide bonds. The maximum Gasteiger partial charge on any atom is 0.00276 e. The molecule has 0 saturated carbocycles. The third kappa shape index (κ3) is 5.54. The van der Waals surface area contributed by atoms with Crippen molar-refractivity contribution in [2.75, 3.05) is 7.05 Å². The van der Waals surface area contributed by atoms with Gasteiger partial charge >= 0.3 is 0 Å². The highest BCUT2D eigenvalue weighted by atomic mass is 14.8. The average molecular weight is 112 g/mol. The molecule has 0 rings (SSSR count). The van der Waals surface area contributed by atoms with Crippen molar-refractivity contribution in [1.29, 1.82) is 0 Å². The molecule has 0 aliphatic rings. The quantitative estimate of drug-likeness (QED) is 0.546. The second kappa shape index (κ2) is 6.54. The van der Waals surface area contributed by atoms with E-state index in [1.54, 1.807) is 0 Å². The van der Waals surface area contributed by atoms with Crippen molar-refractivity contribution in [2.45, 2.75) is 19.3 Å². The monoisotopic (exact) mass is 112 g/mol. The minimum absolute atomic E-state index is 1.04. The first-order chi connectivity index (χ1) is 3.91. The summed E-state index contributed by atoms with van der Waals surface area (Å²) in [6.07, 6.45) is 7.44. The number of unbranched alkanes of at least 4 members (excludes halogenated alkanes) is 2. The largest absolute Gasteiger partial charge is 0.394 e. The van der Waals surface area contributed by atoms with Gasteiger partial charge < -0.3 is 5.32 Å². The van der Waals surface area contributed by atoms with E-state index < -0.39 is 0 Å². The molecule has 1 N–H and O–H groups in total. The maximum atomic E-state index is 3.73. The van der Waals surface area contributed by atoms with Gasteiger partial charge in [0.25, 0.3) is 0 Å². The Morgan fingerprint density at radius 3 is 2.88 bits per heavy atom. The molecule has 0 aromatic rings. The van der Waals surface area contributed by atoms with Gasteiger partial charge in [0.1, 0.15) is 0 Å². The standard InChI is InChI=1S/C7H14N/c1-3-4-5-6-7-8-2/h6-8H,1,3-5H2,2H3/b7-6+. The van der Waals surface area contributed by atoms with Crippen LogP contribution in [0, 0.1) is 6.92 Å². The third-order valence-electron chi connectivity index (χ3n) is 0.905. The number of allylic oxidation sites excluding steroid dienone is 1. The topological polar surface area (TPSA) is 12.0 Å². The number of hydrogen-bond acceptors (Lipinski definition) is 1. The van der Waals surface area contributed by atoms with Gasteiger partial charge in [0.2, 0.25) is 0 Å². The molecule has 1 heteroatoms. The summed E-state index contributed by atoms with van der Waals surface area (Å²) in [6, 6.07) is 0. The SMILES string of the molecule is [CH2]CCC/C=C/NC. The van der Waals surface area contributed by atoms with Gasteiger partial charge in [-0.05, 0) is 19.0 Å². The van der Waals surface area contributed by atoms with Crippen LogP contribution in [-0.2, 0) is 0 Å². The normalized spacial score (nSPS) is 10.2. The first-order valence-corrected chi connectivity index (χ1v) is 3.03. The second-order valence-corrected chi connectivity index (χ2v) is 1.69. The molecule has 1 radical (unpaired) electrons. The van der Waals surface area contributed by atoms with Gasteiger partial charge in [-0.25, -0.2) is 0 Å². The Hall–Kier alpha value is -0.460. The highest BCUT2D eigenvalue weighted by Gasteiger charge is 1.74. The summed E-state index contributed by atoms with van der Waals surface area (Å²) < 4.78 is 0. The van der Waals surface area contributed by atoms with Crippen molar-refractivity contribution < 1.29 is 0 Å². The van der Waals surface area contributed by atoms with Crippen molar-refractivity contribution >= 4 is 0 Å². The average Bonchev–Trinajstić information content (AvgIpc) is 1.81. The van der Waals surface area contributed by atoms with Crippen LogP contribution in [0.5, 0.6) is 0 Å². The summed E-state index contributed by atoms with van der Waals surface area (Å²) in [7, 11) is 1.90. The van der Waals surface area contributed by atoms with Crippen molar-refractivity contribution in [3.05, 3.63) is 19.2 Å². The Bertz CT molecular complexity index is 57.4. The summed E-state index contributed by atoms with van der Waals surface area (Å²) in [4.78, 5) is 0. The number of hydrogen-bond donors (Lipinski definition) is 1. The Labute approximate surface area is 51.8 Å². The lowest BCUT2D eigenvalue weighted by molar-refractivity contribution is 0.860. The fraction of sp³-hybridized carbons (Fsp3) is 0.571. The van der Waals surface area contributed by atoms with Gasteiger partial charge in [-0.15, -0.1) is 0 Å². The molecule has 0 bridgehead atoms. The molecule has 1 nitrogen and oxygen atoms in total. The zero-order chi connectivity index (χ0) is 6.24. The molecular formula is C7H14N. The van der Waals surface area contributed by atoms with Crippen LogP contribution in [0.4, 0.5) is 0 Å². The van der Waals surface area contributed by atoms with E-state index in [0.29, 0.717) is 0 Å². The zero-order valence-corrected chi connectivity index (χ0v) is 5.48. The summed E-state index contributed by atoms with van der Waals surface area (Å²) in [5.41, 5.74) is 0. The summed E-state index contributed by atoms with van der Waals surface area (Å²) in [5.74, 6) is 0. The van der Waals surface area contributed by atoms with Crippen LogP contribution in [0.2, 0.25) is 0 Å². The minimum Gasteiger partial charge on any atom is -0.394 e. The molecule has 0 atom stereocenters. The maximum absolute atomic E-state index is 3.73. The van der Waals surface area contributed by atoms with Crippen LogP contribution in [0.3, 0.4) is 0 Å². The smallest absolute Gasteiger partial charge is 0.00276 e. The predicted molar refractivity (Wildman–Crippen MR) is 37.4 cm³/mol. The predicted octanol–water partition coefficient (Wildman–Crippen LogP) is 1.72. The molecule has 47 valence electrons. The summed E-state index contributed by atoms with van der Waals surface area (Å²) in [5, 5.41) is 2.93. The highest BCUT2D eigenvalue weighted by molar-refractivity contribution is 4.77. The molecule has 0 spiro atoms. The van der Waals surface area contributed by atoms with Crippen molar-refractivity contribution in [1.82, 2.24) is 5.32 Å². The summed E-state index contributed by atoms with van der Waals surface area (Å²) >= 11 is 0. The fourth-order valence-electron chi connectivity index (χ4n) is 0.463. The minimum atomic E-state index is 1.04. The summed E-state index contributed by atoms with van der Waals surface area (Å²) in [6.45, 7) is 3.73. The number of nitrogens with one attached hydrogen (secondary N) is 1. The van der Waals surface area contributed by atoms with Crippen LogP contribution in [-0.4, -0.2) is 7.05 Å². The highest BCUT2D eigenvalue weighted by Crippen LogP contribution is 1.92. The zero-order valence-electron chi connectivity index (χ0n) is 5.48. The molecule has 0 unspecified atom stereocenters. The first-order valence-electron chi connectivity index (χ1n) is 3.03. The van der Waals surface area contributed by atoms with Gasteiger partial charge in [0.15, 0.2) is 0 Å². The first kappa shape index (κ1) is 7.54. The molecule has 8 heavy (non-hydrogen) atoms. The van der Waals surface area contributed by atoms with E-state index in [4.69, 9.17) is 0 Å². The molecule has 0 fully saturated rings. The lowest BCUT2D eigenvalue weighted by Gasteiger charge is -1.87. The lowest BCUT2D eigenvalue weighted by Crippen LogP contribution is -1.90. The Morgan fingerprint density at radius 2 is 2.38 bits per heavy atom. The van der Waals surface area contributed by atoms with Crippen LogP contribution >= 0.6 is 0 Å². The lowest BCUT2D eigenvalue weighted by atomic mass is 10.2. The van der Waals surface area contributed by atoms with Gasteiger partial charge in [-0.3, -0.25) is 0 Å². The molecule has 0 aliphatic carbocycles. The van der Waals surface area contributed by atoms with Gasteiger partial charge in [-0.2, -0.15) is 0 Å². The van der Waals surface area contributed by atoms with Crippen LogP contribution < -0.4 is 5.32 Å². The van der Waals surface area contributed by atoms with E-state index in [2.05, 4.69) is 18.3 Å². The molecule has 0 aliphatic heterocycles. The Morgan fingerprint density at radius 1 is 1.62 bits per heavy atom. The van der Waals surface area contributed by atoms with Gasteiger partial charge in [-0.1, -0.05) is 19.4 Å². The Balaban J connectivity index is 2.80. The molecular weight excluding hydrogens is 98.1 g/mol. The molecule has 0 heterocycles. The second-order valence-electron chi connectivity index (χ2n) is 1.69.